The quantitative estimate of drug-likeness (QED) is 0.332. The van der Waals surface area contributed by atoms with Crippen LogP contribution in [-0.2, 0) is 9.09 Å². The van der Waals surface area contributed by atoms with E-state index in [-0.39, 0.29) is 5.88 Å². The van der Waals surface area contributed by atoms with Gasteiger partial charge >= 0.3 is 0 Å². The van der Waals surface area contributed by atoms with Crippen molar-refractivity contribution in [2.75, 3.05) is 18.2 Å². The minimum atomic E-state index is -3.46. The molecular formula is C9H16ClN2O6P. The first-order chi connectivity index (χ1) is 8.51. The highest BCUT2D eigenvalue weighted by Crippen LogP contribution is 2.62. The molecule has 0 aromatic heterocycles. The molecule has 0 aromatic carbocycles. The molecule has 8 nitrogen and oxygen atoms in total. The Kier molecular flexibility index (Phi) is 4.29. The van der Waals surface area contributed by atoms with Gasteiger partial charge in [-0.15, -0.1) is 11.6 Å². The zero-order chi connectivity index (χ0) is 15.1. The Balaban J connectivity index is 3.19. The van der Waals surface area contributed by atoms with Gasteiger partial charge in [0, 0.05) is 29.6 Å². The second kappa shape index (κ2) is 5.00. The standard InChI is InChI=1S/C9H16ClN2O6P/c1-7(4-10)18-19(17)5-8(2,11(13)14)9(3,6-19)12(15)16/h7H,4-6H2,1-3H3/t7-,8-,9+,19?/m1/s1. The maximum atomic E-state index is 12.5. The molecule has 0 bridgehead atoms. The van der Waals surface area contributed by atoms with E-state index in [1.54, 1.807) is 6.92 Å². The highest BCUT2D eigenvalue weighted by atomic mass is 35.5. The molecule has 1 rings (SSSR count). The lowest BCUT2D eigenvalue weighted by atomic mass is 9.84. The number of nitrogens with zero attached hydrogens (tertiary/aromatic N) is 2. The van der Waals surface area contributed by atoms with E-state index in [1.165, 1.54) is 0 Å². The van der Waals surface area contributed by atoms with Gasteiger partial charge < -0.3 is 4.52 Å². The summed E-state index contributed by atoms with van der Waals surface area (Å²) in [5.74, 6) is 0.0638. The van der Waals surface area contributed by atoms with E-state index in [1.807, 2.05) is 0 Å². The van der Waals surface area contributed by atoms with E-state index < -0.39 is 46.7 Å². The summed E-state index contributed by atoms with van der Waals surface area (Å²) in [5, 5.41) is 22.4. The molecule has 0 aliphatic carbocycles. The van der Waals surface area contributed by atoms with Crippen LogP contribution in [-0.4, -0.2) is 45.2 Å². The molecule has 19 heavy (non-hydrogen) atoms. The fourth-order valence-corrected chi connectivity index (χ4v) is 6.20. The average molecular weight is 315 g/mol. The lowest BCUT2D eigenvalue weighted by Crippen LogP contribution is -2.59. The van der Waals surface area contributed by atoms with Gasteiger partial charge in [-0.2, -0.15) is 0 Å². The van der Waals surface area contributed by atoms with E-state index in [2.05, 4.69) is 0 Å². The van der Waals surface area contributed by atoms with Crippen LogP contribution >= 0.6 is 19.0 Å². The summed E-state index contributed by atoms with van der Waals surface area (Å²) >= 11 is 5.55. The highest BCUT2D eigenvalue weighted by Gasteiger charge is 2.74. The Labute approximate surface area is 115 Å². The molecule has 0 N–H and O–H groups in total. The Morgan fingerprint density at radius 3 is 1.89 bits per heavy atom. The number of halogens is 1. The van der Waals surface area contributed by atoms with Crippen LogP contribution in [0.5, 0.6) is 0 Å². The molecule has 10 heteroatoms. The SMILES string of the molecule is C[C@H](CCl)OP1(=O)C[C@@](C)([N+](=O)[O-])[C@@](C)([N+](=O)[O-])C1. The first-order valence-corrected chi connectivity index (χ1v) is 8.15. The molecule has 0 amide bonds. The monoisotopic (exact) mass is 314 g/mol. The Morgan fingerprint density at radius 2 is 1.63 bits per heavy atom. The highest BCUT2D eigenvalue weighted by molar-refractivity contribution is 7.59. The molecule has 0 saturated carbocycles. The molecule has 1 aliphatic rings. The number of nitro groups is 2. The van der Waals surface area contributed by atoms with E-state index in [4.69, 9.17) is 16.1 Å². The second-order valence-electron chi connectivity index (χ2n) is 5.26. The third kappa shape index (κ3) is 2.61. The van der Waals surface area contributed by atoms with Gasteiger partial charge in [0.25, 0.3) is 11.1 Å². The van der Waals surface area contributed by atoms with Gasteiger partial charge in [0.15, 0.2) is 0 Å². The molecule has 1 unspecified atom stereocenters. The molecule has 1 aliphatic heterocycles. The van der Waals surface area contributed by atoms with Gasteiger partial charge in [-0.3, -0.25) is 24.8 Å². The van der Waals surface area contributed by atoms with Gasteiger partial charge in [-0.25, -0.2) is 0 Å². The number of rotatable bonds is 5. The summed E-state index contributed by atoms with van der Waals surface area (Å²) in [7, 11) is -3.46. The van der Waals surface area contributed by atoms with Crippen molar-refractivity contribution >= 4 is 19.0 Å². The summed E-state index contributed by atoms with van der Waals surface area (Å²) in [5.41, 5.74) is -3.84. The van der Waals surface area contributed by atoms with Gasteiger partial charge in [0.2, 0.25) is 7.37 Å². The Hall–Kier alpha value is -0.720. The van der Waals surface area contributed by atoms with Crippen molar-refractivity contribution in [1.29, 1.82) is 0 Å². The van der Waals surface area contributed by atoms with Gasteiger partial charge in [-0.1, -0.05) is 0 Å². The smallest absolute Gasteiger partial charge is 0.297 e. The largest absolute Gasteiger partial charge is 0.324 e. The van der Waals surface area contributed by atoms with Crippen LogP contribution < -0.4 is 0 Å². The van der Waals surface area contributed by atoms with Crippen LogP contribution in [0.1, 0.15) is 20.8 Å². The Morgan fingerprint density at radius 1 is 1.26 bits per heavy atom. The van der Waals surface area contributed by atoms with E-state index >= 15 is 0 Å². The van der Waals surface area contributed by atoms with Crippen molar-refractivity contribution in [1.82, 2.24) is 0 Å². The average Bonchev–Trinajstić information content (AvgIpc) is 2.48. The van der Waals surface area contributed by atoms with Crippen LogP contribution in [0.3, 0.4) is 0 Å². The minimum absolute atomic E-state index is 0.0638. The van der Waals surface area contributed by atoms with Crippen LogP contribution in [0.15, 0.2) is 0 Å². The molecule has 1 saturated heterocycles. The van der Waals surface area contributed by atoms with Crippen LogP contribution in [0.2, 0.25) is 0 Å². The molecule has 0 aromatic rings. The topological polar surface area (TPSA) is 113 Å². The van der Waals surface area contributed by atoms with E-state index in [0.717, 1.165) is 13.8 Å². The normalized spacial score (nSPS) is 40.0. The summed E-state index contributed by atoms with van der Waals surface area (Å²) in [6.07, 6.45) is -1.48. The minimum Gasteiger partial charge on any atom is -0.324 e. The van der Waals surface area contributed by atoms with Crippen molar-refractivity contribution in [2.24, 2.45) is 0 Å². The first-order valence-electron chi connectivity index (χ1n) is 5.62. The van der Waals surface area contributed by atoms with Crippen molar-refractivity contribution in [3.63, 3.8) is 0 Å². The summed E-state index contributed by atoms with van der Waals surface area (Å²) in [4.78, 5) is 20.9. The zero-order valence-corrected chi connectivity index (χ0v) is 12.5. The number of alkyl halides is 1. The molecule has 110 valence electrons. The molecule has 4 atom stereocenters. The predicted octanol–water partition coefficient (Wildman–Crippen LogP) is 1.99. The third-order valence-corrected chi connectivity index (χ3v) is 7.03. The molecule has 1 fully saturated rings. The van der Waals surface area contributed by atoms with Crippen molar-refractivity contribution in [2.45, 2.75) is 38.0 Å². The summed E-state index contributed by atoms with van der Waals surface area (Å²) in [6.45, 7) is 3.85. The molecule has 0 spiro atoms. The van der Waals surface area contributed by atoms with Crippen molar-refractivity contribution in [3.8, 4) is 0 Å². The van der Waals surface area contributed by atoms with Crippen molar-refractivity contribution in [3.05, 3.63) is 20.2 Å². The Bertz CT molecular complexity index is 428. The van der Waals surface area contributed by atoms with Crippen LogP contribution in [0.25, 0.3) is 0 Å². The molecule has 1 heterocycles. The van der Waals surface area contributed by atoms with E-state index in [9.17, 15) is 24.8 Å². The molecular weight excluding hydrogens is 299 g/mol. The number of hydrogen-bond donors (Lipinski definition) is 0. The van der Waals surface area contributed by atoms with Crippen molar-refractivity contribution < 1.29 is 18.9 Å². The zero-order valence-electron chi connectivity index (χ0n) is 10.9. The number of hydrogen-bond acceptors (Lipinski definition) is 6. The lowest BCUT2D eigenvalue weighted by molar-refractivity contribution is -0.668. The fourth-order valence-electron chi connectivity index (χ4n) is 2.27. The van der Waals surface area contributed by atoms with Gasteiger partial charge in [0.1, 0.15) is 12.3 Å². The lowest BCUT2D eigenvalue weighted by Gasteiger charge is -2.24. The fraction of sp³-hybridized carbons (Fsp3) is 1.00. The van der Waals surface area contributed by atoms with E-state index in [0.29, 0.717) is 0 Å². The maximum Gasteiger partial charge on any atom is 0.297 e. The van der Waals surface area contributed by atoms with Crippen LogP contribution in [0, 0.1) is 20.2 Å². The van der Waals surface area contributed by atoms with Gasteiger partial charge in [-0.05, 0) is 6.92 Å². The molecule has 0 radical (unpaired) electrons. The second-order valence-corrected chi connectivity index (χ2v) is 8.04. The predicted molar refractivity (Wildman–Crippen MR) is 69.4 cm³/mol. The van der Waals surface area contributed by atoms with Crippen LogP contribution in [0.4, 0.5) is 0 Å². The first kappa shape index (κ1) is 16.3. The maximum absolute atomic E-state index is 12.5. The van der Waals surface area contributed by atoms with Gasteiger partial charge in [0.05, 0.1) is 6.10 Å². The summed E-state index contributed by atoms with van der Waals surface area (Å²) in [6, 6.07) is 0. The third-order valence-electron chi connectivity index (χ3n) is 3.65. The summed E-state index contributed by atoms with van der Waals surface area (Å²) < 4.78 is 17.8.